The van der Waals surface area contributed by atoms with Crippen molar-refractivity contribution < 1.29 is 18.0 Å². The number of hydrogen-bond donors (Lipinski definition) is 3. The lowest BCUT2D eigenvalue weighted by atomic mass is 10.1. The summed E-state index contributed by atoms with van der Waals surface area (Å²) in [4.78, 5) is 23.8. The lowest BCUT2D eigenvalue weighted by molar-refractivity contribution is -0.119. The number of benzene rings is 1. The lowest BCUT2D eigenvalue weighted by Crippen LogP contribution is -2.46. The Hall–Kier alpha value is -1.97. The standard InChI is InChI=1S/C19H32N4O4S/c1-6-14(4)21-19(25)22-18(24)13-20-15(5)16-9-11-17(12-10-16)28(26,27)23(7-2)8-3/h9-12,14-15,20H,6-8,13H2,1-5H3,(H2,21,22,24,25)/t14-,15+/m1/s1. The molecule has 0 aliphatic rings. The van der Waals surface area contributed by atoms with E-state index in [2.05, 4.69) is 16.0 Å². The molecule has 0 aromatic heterocycles. The van der Waals surface area contributed by atoms with E-state index in [9.17, 15) is 18.0 Å². The highest BCUT2D eigenvalue weighted by Gasteiger charge is 2.21. The summed E-state index contributed by atoms with van der Waals surface area (Å²) in [6.07, 6.45) is 0.775. The van der Waals surface area contributed by atoms with E-state index in [1.54, 1.807) is 38.1 Å². The topological polar surface area (TPSA) is 108 Å². The molecule has 0 aliphatic carbocycles. The molecule has 3 amide bonds. The van der Waals surface area contributed by atoms with Crippen LogP contribution in [0.3, 0.4) is 0 Å². The number of nitrogens with one attached hydrogen (secondary N) is 3. The molecule has 0 aliphatic heterocycles. The van der Waals surface area contributed by atoms with Gasteiger partial charge in [-0.25, -0.2) is 13.2 Å². The van der Waals surface area contributed by atoms with Crippen molar-refractivity contribution in [2.75, 3.05) is 19.6 Å². The Balaban J connectivity index is 2.63. The zero-order valence-electron chi connectivity index (χ0n) is 17.3. The summed E-state index contributed by atoms with van der Waals surface area (Å²) in [5.74, 6) is -0.437. The predicted molar refractivity (Wildman–Crippen MR) is 109 cm³/mol. The highest BCUT2D eigenvalue weighted by Crippen LogP contribution is 2.19. The summed E-state index contributed by atoms with van der Waals surface area (Å²) in [5.41, 5.74) is 0.843. The quantitative estimate of drug-likeness (QED) is 0.545. The van der Waals surface area contributed by atoms with Gasteiger partial charge in [0, 0.05) is 25.2 Å². The average Bonchev–Trinajstić information content (AvgIpc) is 2.66. The summed E-state index contributed by atoms with van der Waals surface area (Å²) in [5, 5.41) is 7.95. The Morgan fingerprint density at radius 3 is 2.11 bits per heavy atom. The third-order valence-corrected chi connectivity index (χ3v) is 6.60. The van der Waals surface area contributed by atoms with Gasteiger partial charge in [0.1, 0.15) is 0 Å². The molecule has 28 heavy (non-hydrogen) atoms. The third-order valence-electron chi connectivity index (χ3n) is 4.53. The SMILES string of the molecule is CC[C@@H](C)NC(=O)NC(=O)CN[C@@H](C)c1ccc(S(=O)(=O)N(CC)CC)cc1. The first-order chi connectivity index (χ1) is 13.1. The summed E-state index contributed by atoms with van der Waals surface area (Å²) in [6, 6.07) is 5.88. The Bertz CT molecular complexity index is 746. The zero-order chi connectivity index (χ0) is 21.3. The molecule has 2 atom stereocenters. The lowest BCUT2D eigenvalue weighted by Gasteiger charge is -2.19. The van der Waals surface area contributed by atoms with Gasteiger partial charge in [-0.15, -0.1) is 0 Å². The summed E-state index contributed by atoms with van der Waals surface area (Å²) in [6.45, 7) is 10.1. The van der Waals surface area contributed by atoms with Crippen molar-refractivity contribution in [1.82, 2.24) is 20.3 Å². The Morgan fingerprint density at radius 1 is 1.04 bits per heavy atom. The summed E-state index contributed by atoms with van der Waals surface area (Å²) < 4.78 is 26.4. The number of carbonyl (C=O) groups is 2. The van der Waals surface area contributed by atoms with E-state index in [1.165, 1.54) is 4.31 Å². The number of sulfonamides is 1. The Morgan fingerprint density at radius 2 is 1.61 bits per heavy atom. The molecule has 0 saturated heterocycles. The second-order valence-electron chi connectivity index (χ2n) is 6.59. The van der Waals surface area contributed by atoms with Gasteiger partial charge in [0.05, 0.1) is 11.4 Å². The Kier molecular flexibility index (Phi) is 9.57. The van der Waals surface area contributed by atoms with E-state index in [4.69, 9.17) is 0 Å². The van der Waals surface area contributed by atoms with E-state index in [0.29, 0.717) is 13.1 Å². The first kappa shape index (κ1) is 24.1. The van der Waals surface area contributed by atoms with Gasteiger partial charge in [0.2, 0.25) is 15.9 Å². The van der Waals surface area contributed by atoms with Crippen LogP contribution in [-0.4, -0.2) is 50.3 Å². The fraction of sp³-hybridized carbons (Fsp3) is 0.579. The van der Waals surface area contributed by atoms with E-state index in [0.717, 1.165) is 12.0 Å². The number of rotatable bonds is 10. The average molecular weight is 413 g/mol. The van der Waals surface area contributed by atoms with Gasteiger partial charge < -0.3 is 10.6 Å². The molecular formula is C19H32N4O4S. The van der Waals surface area contributed by atoms with E-state index in [-0.39, 0.29) is 23.5 Å². The number of amides is 3. The highest BCUT2D eigenvalue weighted by molar-refractivity contribution is 7.89. The van der Waals surface area contributed by atoms with Gasteiger partial charge in [-0.05, 0) is 38.0 Å². The van der Waals surface area contributed by atoms with Gasteiger partial charge in [-0.1, -0.05) is 32.9 Å². The molecule has 0 unspecified atom stereocenters. The van der Waals surface area contributed by atoms with Crippen molar-refractivity contribution in [2.45, 2.75) is 58.0 Å². The molecule has 0 bridgehead atoms. The minimum Gasteiger partial charge on any atom is -0.335 e. The van der Waals surface area contributed by atoms with E-state index < -0.39 is 22.0 Å². The predicted octanol–water partition coefficient (Wildman–Crippen LogP) is 1.99. The van der Waals surface area contributed by atoms with Gasteiger partial charge in [0.25, 0.3) is 0 Å². The summed E-state index contributed by atoms with van der Waals surface area (Å²) >= 11 is 0. The first-order valence-corrected chi connectivity index (χ1v) is 11.0. The van der Waals surface area contributed by atoms with Crippen LogP contribution in [0.4, 0.5) is 4.79 Å². The number of nitrogens with zero attached hydrogens (tertiary/aromatic N) is 1. The minimum absolute atomic E-state index is 0.00850. The van der Waals surface area contributed by atoms with E-state index >= 15 is 0 Å². The normalized spacial score (nSPS) is 13.8. The summed E-state index contributed by atoms with van der Waals surface area (Å²) in [7, 11) is -3.49. The van der Waals surface area contributed by atoms with Crippen LogP contribution in [0.25, 0.3) is 0 Å². The van der Waals surface area contributed by atoms with Crippen LogP contribution >= 0.6 is 0 Å². The maximum absolute atomic E-state index is 12.5. The van der Waals surface area contributed by atoms with Gasteiger partial charge >= 0.3 is 6.03 Å². The highest BCUT2D eigenvalue weighted by atomic mass is 32.2. The molecule has 1 rings (SSSR count). The molecular weight excluding hydrogens is 380 g/mol. The molecule has 0 saturated carbocycles. The monoisotopic (exact) mass is 412 g/mol. The van der Waals surface area contributed by atoms with Crippen molar-refractivity contribution in [3.8, 4) is 0 Å². The van der Waals surface area contributed by atoms with Gasteiger partial charge in [-0.2, -0.15) is 4.31 Å². The molecule has 1 aromatic carbocycles. The number of carbonyl (C=O) groups excluding carboxylic acids is 2. The Labute approximate surface area is 168 Å². The molecule has 1 aromatic rings. The van der Waals surface area contributed by atoms with Crippen molar-refractivity contribution in [2.24, 2.45) is 0 Å². The maximum atomic E-state index is 12.5. The van der Waals surface area contributed by atoms with Crippen LogP contribution in [0.2, 0.25) is 0 Å². The second-order valence-corrected chi connectivity index (χ2v) is 8.53. The molecule has 0 fully saturated rings. The molecule has 0 spiro atoms. The van der Waals surface area contributed by atoms with Crippen LogP contribution in [0, 0.1) is 0 Å². The fourth-order valence-corrected chi connectivity index (χ4v) is 4.00. The van der Waals surface area contributed by atoms with Crippen molar-refractivity contribution in [3.05, 3.63) is 29.8 Å². The van der Waals surface area contributed by atoms with Gasteiger partial charge in [-0.3, -0.25) is 10.1 Å². The maximum Gasteiger partial charge on any atom is 0.321 e. The molecule has 8 nitrogen and oxygen atoms in total. The smallest absolute Gasteiger partial charge is 0.321 e. The number of urea groups is 1. The minimum atomic E-state index is -3.49. The van der Waals surface area contributed by atoms with E-state index in [1.807, 2.05) is 20.8 Å². The van der Waals surface area contributed by atoms with Gasteiger partial charge in [0.15, 0.2) is 0 Å². The number of imide groups is 1. The van der Waals surface area contributed by atoms with Crippen LogP contribution in [0.15, 0.2) is 29.2 Å². The van der Waals surface area contributed by atoms with Crippen molar-refractivity contribution >= 4 is 22.0 Å². The molecule has 0 heterocycles. The van der Waals surface area contributed by atoms with Crippen LogP contribution in [-0.2, 0) is 14.8 Å². The first-order valence-electron chi connectivity index (χ1n) is 9.59. The third kappa shape index (κ3) is 6.88. The second kappa shape index (κ2) is 11.1. The largest absolute Gasteiger partial charge is 0.335 e. The zero-order valence-corrected chi connectivity index (χ0v) is 18.1. The molecule has 9 heteroatoms. The molecule has 158 valence electrons. The molecule has 3 N–H and O–H groups in total. The molecule has 0 radical (unpaired) electrons. The van der Waals surface area contributed by atoms with Crippen LogP contribution < -0.4 is 16.0 Å². The van der Waals surface area contributed by atoms with Crippen molar-refractivity contribution in [3.63, 3.8) is 0 Å². The number of hydrogen-bond acceptors (Lipinski definition) is 5. The fourth-order valence-electron chi connectivity index (χ4n) is 2.54. The van der Waals surface area contributed by atoms with Crippen LogP contribution in [0.5, 0.6) is 0 Å². The van der Waals surface area contributed by atoms with Crippen molar-refractivity contribution in [1.29, 1.82) is 0 Å². The van der Waals surface area contributed by atoms with Crippen LogP contribution in [0.1, 0.15) is 52.6 Å².